The van der Waals surface area contributed by atoms with Crippen LogP contribution in [0.5, 0.6) is 11.5 Å². The van der Waals surface area contributed by atoms with E-state index in [1.54, 1.807) is 41.6 Å². The van der Waals surface area contributed by atoms with Crippen molar-refractivity contribution in [2.24, 2.45) is 22.7 Å². The number of anilines is 2. The van der Waals surface area contributed by atoms with Crippen molar-refractivity contribution < 1.29 is 27.3 Å². The number of fused-ring (bicyclic) bond motifs is 2. The lowest BCUT2D eigenvalue weighted by molar-refractivity contribution is -0.384. The van der Waals surface area contributed by atoms with Gasteiger partial charge < -0.3 is 24.8 Å². The van der Waals surface area contributed by atoms with E-state index in [-0.39, 0.29) is 36.4 Å². The molecule has 5 aliphatic rings. The van der Waals surface area contributed by atoms with Crippen molar-refractivity contribution in [3.63, 3.8) is 0 Å². The van der Waals surface area contributed by atoms with E-state index in [1.807, 2.05) is 18.0 Å². The summed E-state index contributed by atoms with van der Waals surface area (Å²) in [6, 6.07) is 12.0. The van der Waals surface area contributed by atoms with E-state index in [9.17, 15) is 23.3 Å². The molecule has 0 spiro atoms. The number of hydrogen-bond acceptors (Lipinski definition) is 11. The molecule has 2 aliphatic heterocycles. The lowest BCUT2D eigenvalue weighted by Crippen LogP contribution is -2.47. The van der Waals surface area contributed by atoms with E-state index in [2.05, 4.69) is 50.6 Å². The van der Waals surface area contributed by atoms with E-state index in [0.29, 0.717) is 35.3 Å². The Morgan fingerprint density at radius 1 is 1.02 bits per heavy atom. The van der Waals surface area contributed by atoms with Gasteiger partial charge in [0.1, 0.15) is 28.5 Å². The van der Waals surface area contributed by atoms with Crippen molar-refractivity contribution in [1.82, 2.24) is 24.5 Å². The van der Waals surface area contributed by atoms with Crippen LogP contribution >= 0.6 is 0 Å². The smallest absolute Gasteiger partial charge is 0.293 e. The van der Waals surface area contributed by atoms with Gasteiger partial charge in [0.15, 0.2) is 0 Å². The van der Waals surface area contributed by atoms with Gasteiger partial charge in [0.05, 0.1) is 21.6 Å². The third-order valence-corrected chi connectivity index (χ3v) is 15.7. The second-order valence-electron chi connectivity index (χ2n) is 19.6. The molecule has 4 aromatic rings. The van der Waals surface area contributed by atoms with Gasteiger partial charge in [-0.05, 0) is 111 Å². The van der Waals surface area contributed by atoms with E-state index < -0.39 is 37.1 Å². The second kappa shape index (κ2) is 15.9. The second-order valence-corrected chi connectivity index (χ2v) is 21.2. The van der Waals surface area contributed by atoms with Gasteiger partial charge in [-0.3, -0.25) is 19.8 Å². The molecule has 3 aliphatic carbocycles. The number of pyridine rings is 1. The molecule has 0 bridgehead atoms. The number of nitro groups is 1. The molecule has 1 amide bonds. The molecule has 2 unspecified atom stereocenters. The molecule has 2 aromatic carbocycles. The Bertz CT molecular complexity index is 2540. The summed E-state index contributed by atoms with van der Waals surface area (Å²) in [6.45, 7) is 12.5. The van der Waals surface area contributed by atoms with Crippen LogP contribution in [0.15, 0.2) is 77.0 Å². The van der Waals surface area contributed by atoms with Crippen LogP contribution in [-0.4, -0.2) is 104 Å². The Labute approximate surface area is 362 Å². The molecule has 62 heavy (non-hydrogen) atoms. The largest absolute Gasteiger partial charge is 0.455 e. The fraction of sp³-hybridized carbons (Fsp3) is 0.522. The first-order valence-electron chi connectivity index (χ1n) is 21.9. The van der Waals surface area contributed by atoms with Crippen LogP contribution in [0.1, 0.15) is 76.1 Å². The van der Waals surface area contributed by atoms with E-state index in [0.717, 1.165) is 67.8 Å². The van der Waals surface area contributed by atoms with Crippen LogP contribution in [0.3, 0.4) is 0 Å². The Hall–Kier alpha value is -5.06. The molecule has 2 saturated carbocycles. The average Bonchev–Trinajstić information content (AvgIpc) is 3.50. The van der Waals surface area contributed by atoms with Gasteiger partial charge in [0.25, 0.3) is 21.6 Å². The summed E-state index contributed by atoms with van der Waals surface area (Å²) in [6.07, 6.45) is 10.1. The molecule has 4 fully saturated rings. The minimum atomic E-state index is -4.62. The first kappa shape index (κ1) is 42.3. The Kier molecular flexibility index (Phi) is 10.9. The number of piperidine rings is 1. The number of nitrogens with zero attached hydrogens (tertiary/aromatic N) is 5. The number of aromatic nitrogens is 2. The van der Waals surface area contributed by atoms with Crippen LogP contribution in [0, 0.1) is 32.8 Å². The highest BCUT2D eigenvalue weighted by Crippen LogP contribution is 2.73. The maximum absolute atomic E-state index is 15.4. The number of piperazine rings is 1. The molecule has 16 heteroatoms. The maximum Gasteiger partial charge on any atom is 0.293 e. The number of alkyl halides is 1. The Morgan fingerprint density at radius 2 is 1.79 bits per heavy atom. The minimum absolute atomic E-state index is 0.0180. The maximum atomic E-state index is 15.4. The van der Waals surface area contributed by atoms with Gasteiger partial charge in [-0.25, -0.2) is 22.5 Å². The number of benzene rings is 2. The number of halogens is 1. The zero-order chi connectivity index (χ0) is 43.6. The number of hydrogen-bond donors (Lipinski definition) is 3. The van der Waals surface area contributed by atoms with Gasteiger partial charge in [-0.2, -0.15) is 0 Å². The lowest BCUT2D eigenvalue weighted by Gasteiger charge is -2.44. The first-order chi connectivity index (χ1) is 29.5. The quantitative estimate of drug-likeness (QED) is 0.0680. The number of nitro benzene ring substituents is 1. The van der Waals surface area contributed by atoms with Crippen LogP contribution in [0.2, 0.25) is 0 Å². The van der Waals surface area contributed by atoms with Crippen molar-refractivity contribution in [1.29, 1.82) is 0 Å². The molecule has 9 rings (SSSR count). The molecule has 2 aromatic heterocycles. The SMILES string of the molecule is CN1CCC(F)(CNc2ccc(S(=O)(=O)NC(=O)c3ccc(N4CCN(CC5=C([C@@H]6CC7(C)CC67)CC(C)(C)CC5)CC4)cc3Oc3cnc4[nH]ccc4c3)cc2[N+](=O)[O-])CC1. The summed E-state index contributed by atoms with van der Waals surface area (Å²) in [7, 11) is -2.71. The fourth-order valence-corrected chi connectivity index (χ4v) is 11.3. The third kappa shape index (κ3) is 8.65. The molecule has 330 valence electrons. The summed E-state index contributed by atoms with van der Waals surface area (Å²) >= 11 is 0. The van der Waals surface area contributed by atoms with Crippen LogP contribution < -0.4 is 19.7 Å². The Morgan fingerprint density at radius 3 is 2.50 bits per heavy atom. The molecule has 3 N–H and O–H groups in total. The van der Waals surface area contributed by atoms with E-state index >= 15 is 4.39 Å². The van der Waals surface area contributed by atoms with Crippen molar-refractivity contribution in [2.75, 3.05) is 69.6 Å². The number of allylic oxidation sites excluding steroid dienone is 1. The van der Waals surface area contributed by atoms with Crippen molar-refractivity contribution in [3.05, 3.63) is 87.7 Å². The number of ether oxygens (including phenoxy) is 1. The van der Waals surface area contributed by atoms with E-state index in [4.69, 9.17) is 4.74 Å². The van der Waals surface area contributed by atoms with Crippen molar-refractivity contribution in [3.8, 4) is 11.5 Å². The van der Waals surface area contributed by atoms with Crippen molar-refractivity contribution in [2.45, 2.75) is 76.3 Å². The number of nitrogens with one attached hydrogen (secondary N) is 3. The number of aromatic amines is 1. The fourth-order valence-electron chi connectivity index (χ4n) is 10.3. The predicted octanol–water partition coefficient (Wildman–Crippen LogP) is 7.90. The molecule has 14 nitrogen and oxygen atoms in total. The zero-order valence-electron chi connectivity index (χ0n) is 36.0. The van der Waals surface area contributed by atoms with E-state index in [1.165, 1.54) is 44.4 Å². The molecular formula is C46H57FN8O6S. The number of carbonyl (C=O) groups excluding carboxylic acids is 1. The topological polar surface area (TPSA) is 166 Å². The molecule has 2 saturated heterocycles. The average molecular weight is 869 g/mol. The summed E-state index contributed by atoms with van der Waals surface area (Å²) in [5, 5.41) is 15.7. The monoisotopic (exact) mass is 868 g/mol. The van der Waals surface area contributed by atoms with Gasteiger partial charge in [0, 0.05) is 81.8 Å². The Balaban J connectivity index is 0.917. The molecule has 0 radical (unpaired) electrons. The number of amides is 1. The first-order valence-corrected chi connectivity index (χ1v) is 23.4. The number of rotatable bonds is 13. The van der Waals surface area contributed by atoms with Gasteiger partial charge in [-0.1, -0.05) is 31.9 Å². The summed E-state index contributed by atoms with van der Waals surface area (Å²) in [5.41, 5.74) is 3.65. The number of sulfonamides is 1. The van der Waals surface area contributed by atoms with Gasteiger partial charge >= 0.3 is 0 Å². The zero-order valence-corrected chi connectivity index (χ0v) is 36.8. The normalized spacial score (nSPS) is 24.9. The van der Waals surface area contributed by atoms with Crippen LogP contribution in [0.25, 0.3) is 11.0 Å². The standard InChI is InChI=1S/C46H57FN8O6S/c1-44(2)11-9-31(36(24-44)37-25-45(3)26-38(37)45)28-53-17-19-54(20-18-53)32-5-7-35(41(22-32)61-33-21-30-10-14-48-42(30)49-27-33)43(56)51-62(59,60)34-6-8-39(40(23-34)55(57)58)50-29-46(47)12-15-52(4)16-13-46/h5-8,10,14,21-23,27,37-38,50H,9,11-13,15-20,24-26,28-29H2,1-4H3,(H,48,49)(H,51,56)/t37-,38?,45?/m0/s1. The highest BCUT2D eigenvalue weighted by molar-refractivity contribution is 7.90. The third-order valence-electron chi connectivity index (χ3n) is 14.4. The molecule has 3 atom stereocenters. The predicted molar refractivity (Wildman–Crippen MR) is 237 cm³/mol. The highest BCUT2D eigenvalue weighted by atomic mass is 32.2. The lowest BCUT2D eigenvalue weighted by atomic mass is 9.63. The highest BCUT2D eigenvalue weighted by Gasteiger charge is 2.64. The van der Waals surface area contributed by atoms with Gasteiger partial charge in [0.2, 0.25) is 0 Å². The molecular weight excluding hydrogens is 812 g/mol. The summed E-state index contributed by atoms with van der Waals surface area (Å²) in [4.78, 5) is 39.1. The van der Waals surface area contributed by atoms with Crippen LogP contribution in [0.4, 0.5) is 21.5 Å². The van der Waals surface area contributed by atoms with Crippen molar-refractivity contribution >= 4 is 44.0 Å². The summed E-state index contributed by atoms with van der Waals surface area (Å²) in [5.74, 6) is 1.14. The number of carbonyl (C=O) groups is 1. The van der Waals surface area contributed by atoms with Gasteiger partial charge in [-0.15, -0.1) is 0 Å². The molecule has 4 heterocycles. The van der Waals surface area contributed by atoms with Crippen LogP contribution in [-0.2, 0) is 10.0 Å². The minimum Gasteiger partial charge on any atom is -0.455 e. The number of likely N-dealkylation sites (tertiary alicyclic amines) is 1. The summed E-state index contributed by atoms with van der Waals surface area (Å²) < 4.78 is 51.3. The number of H-pyrrole nitrogens is 1.